The molecule has 0 unspecified atom stereocenters. The monoisotopic (exact) mass is 428 g/mol. The molecule has 0 aliphatic heterocycles. The molecule has 0 N–H and O–H groups in total. The molecule has 32 heavy (non-hydrogen) atoms. The molecule has 4 aromatic rings. The summed E-state index contributed by atoms with van der Waals surface area (Å²) < 4.78 is 11.4. The number of aryl methyl sites for hydroxylation is 2. The molecule has 7 heteroatoms. The number of ketones is 1. The number of para-hydroxylation sites is 1. The van der Waals surface area contributed by atoms with Gasteiger partial charge in [0.1, 0.15) is 17.2 Å². The van der Waals surface area contributed by atoms with Gasteiger partial charge in [0.2, 0.25) is 5.78 Å². The second-order valence-electron chi connectivity index (χ2n) is 6.76. The zero-order valence-electron chi connectivity index (χ0n) is 17.4. The van der Waals surface area contributed by atoms with E-state index in [4.69, 9.17) is 18.7 Å². The molecular weight excluding hydrogens is 408 g/mol. The van der Waals surface area contributed by atoms with Gasteiger partial charge in [0.15, 0.2) is 5.76 Å². The molecule has 0 atom stereocenters. The fourth-order valence-electron chi connectivity index (χ4n) is 2.92. The van der Waals surface area contributed by atoms with Gasteiger partial charge in [-0.25, -0.2) is 9.97 Å². The van der Waals surface area contributed by atoms with Gasteiger partial charge in [-0.05, 0) is 55.3 Å². The van der Waals surface area contributed by atoms with Crippen LogP contribution in [0.5, 0.6) is 11.5 Å². The molecule has 0 amide bonds. The maximum absolute atomic E-state index is 12.4. The van der Waals surface area contributed by atoms with E-state index < -0.39 is 0 Å². The number of benzene rings is 2. The van der Waals surface area contributed by atoms with Crippen molar-refractivity contribution in [1.82, 2.24) is 9.97 Å². The van der Waals surface area contributed by atoms with Crippen molar-refractivity contribution in [2.24, 2.45) is 0 Å². The van der Waals surface area contributed by atoms with Crippen LogP contribution in [0, 0.1) is 6.92 Å². The van der Waals surface area contributed by atoms with E-state index in [1.54, 1.807) is 6.20 Å². The van der Waals surface area contributed by atoms with E-state index in [0.717, 1.165) is 22.8 Å². The number of nitrogens with zero attached hydrogens (tertiary/aromatic N) is 2. The Morgan fingerprint density at radius 1 is 0.938 bits per heavy atom. The van der Waals surface area contributed by atoms with E-state index in [-0.39, 0.29) is 17.8 Å². The Kier molecular flexibility index (Phi) is 7.79. The summed E-state index contributed by atoms with van der Waals surface area (Å²) in [5.74, 6) is 2.04. The number of oxazole rings is 1. The van der Waals surface area contributed by atoms with Gasteiger partial charge in [0.05, 0.1) is 6.20 Å². The van der Waals surface area contributed by atoms with Crippen molar-refractivity contribution >= 4 is 11.9 Å². The first-order chi connectivity index (χ1) is 15.6. The number of carbonyl (C=O) groups is 1. The third-order valence-electron chi connectivity index (χ3n) is 4.43. The molecule has 0 saturated carbocycles. The minimum Gasteiger partial charge on any atom is -0.457 e. The van der Waals surface area contributed by atoms with E-state index in [1.165, 1.54) is 0 Å². The Labute approximate surface area is 184 Å². The maximum atomic E-state index is 12.4. The summed E-state index contributed by atoms with van der Waals surface area (Å²) in [7, 11) is 0. The number of hydrogen-bond donors (Lipinski definition) is 0. The topological polar surface area (TPSA) is 99.4 Å². The third kappa shape index (κ3) is 6.32. The number of ether oxygens (including phenoxy) is 1. The van der Waals surface area contributed by atoms with Crippen LogP contribution in [0.3, 0.4) is 0 Å². The number of Topliss-reactive ketones (excluding diaryl/α,β-unsaturated/α-hetero) is 1. The van der Waals surface area contributed by atoms with Gasteiger partial charge in [-0.15, -0.1) is 0 Å². The van der Waals surface area contributed by atoms with Crippen molar-refractivity contribution in [2.75, 3.05) is 0 Å². The van der Waals surface area contributed by atoms with Crippen molar-refractivity contribution in [2.45, 2.75) is 19.8 Å². The summed E-state index contributed by atoms with van der Waals surface area (Å²) in [5.41, 5.74) is 2.60. The molecule has 0 aliphatic carbocycles. The summed E-state index contributed by atoms with van der Waals surface area (Å²) in [6.07, 6.45) is 2.72. The third-order valence-corrected chi connectivity index (χ3v) is 4.43. The van der Waals surface area contributed by atoms with E-state index >= 15 is 0 Å². The summed E-state index contributed by atoms with van der Waals surface area (Å²) in [6, 6.07) is 23.0. The fraction of sp³-hybridized carbons (Fsp3) is 0.120. The predicted octanol–water partition coefficient (Wildman–Crippen LogP) is 5.07. The Bertz CT molecular complexity index is 1190. The molecule has 0 fully saturated rings. The number of aromatic nitrogens is 2. The first-order valence-corrected chi connectivity index (χ1v) is 9.83. The van der Waals surface area contributed by atoms with Crippen LogP contribution in [0.25, 0.3) is 11.5 Å². The average molecular weight is 428 g/mol. The number of carbonyl (C=O) groups excluding carboxylic acids is 3. The Balaban J connectivity index is 0.000000913. The smallest absolute Gasteiger partial charge is 0.373 e. The fourth-order valence-corrected chi connectivity index (χ4v) is 2.92. The molecule has 0 spiro atoms. The van der Waals surface area contributed by atoms with Crippen molar-refractivity contribution in [3.63, 3.8) is 0 Å². The molecule has 7 nitrogen and oxygen atoms in total. The van der Waals surface area contributed by atoms with Gasteiger partial charge >= 0.3 is 6.15 Å². The van der Waals surface area contributed by atoms with Gasteiger partial charge in [-0.1, -0.05) is 36.4 Å². The highest BCUT2D eigenvalue weighted by Gasteiger charge is 2.15. The average Bonchev–Trinajstić information content (AvgIpc) is 3.30. The molecule has 160 valence electrons. The van der Waals surface area contributed by atoms with E-state index in [1.807, 2.05) is 79.7 Å². The lowest BCUT2D eigenvalue weighted by atomic mass is 10.1. The maximum Gasteiger partial charge on any atom is 0.373 e. The molecule has 0 aliphatic rings. The first-order valence-electron chi connectivity index (χ1n) is 9.83. The molecular formula is C25H20N2O5. The van der Waals surface area contributed by atoms with E-state index in [2.05, 4.69) is 9.97 Å². The number of hydrogen-bond acceptors (Lipinski definition) is 7. The van der Waals surface area contributed by atoms with Crippen molar-refractivity contribution in [1.29, 1.82) is 0 Å². The number of pyridine rings is 1. The molecule has 0 radical (unpaired) electrons. The summed E-state index contributed by atoms with van der Waals surface area (Å²) >= 11 is 0. The predicted molar refractivity (Wildman–Crippen MR) is 115 cm³/mol. The van der Waals surface area contributed by atoms with Crippen LogP contribution in [-0.4, -0.2) is 21.9 Å². The van der Waals surface area contributed by atoms with Gasteiger partial charge < -0.3 is 9.15 Å². The molecule has 0 saturated heterocycles. The SMILES string of the molecule is Cc1cccc(-c2cnc(C(=O)CCc3ccc(Oc4ccccc4)cc3)o2)n1.O=C=O. The van der Waals surface area contributed by atoms with Gasteiger partial charge in [-0.2, -0.15) is 9.59 Å². The standard InChI is InChI=1S/C24H20N2O3.CO2/c1-17-6-5-9-21(26-17)23-16-25-24(29-23)22(27)15-12-18-10-13-20(14-11-18)28-19-7-3-2-4-8-19;2-1-3/h2-11,13-14,16H,12,15H2,1H3;. The second-order valence-corrected chi connectivity index (χ2v) is 6.76. The molecule has 2 aromatic heterocycles. The van der Waals surface area contributed by atoms with Crippen molar-refractivity contribution < 1.29 is 23.5 Å². The molecule has 4 rings (SSSR count). The zero-order valence-corrected chi connectivity index (χ0v) is 17.4. The van der Waals surface area contributed by atoms with Crippen LogP contribution in [0.4, 0.5) is 0 Å². The largest absolute Gasteiger partial charge is 0.457 e. The lowest BCUT2D eigenvalue weighted by Crippen LogP contribution is -2.01. The van der Waals surface area contributed by atoms with Crippen LogP contribution in [-0.2, 0) is 16.0 Å². The van der Waals surface area contributed by atoms with Crippen LogP contribution in [0.2, 0.25) is 0 Å². The van der Waals surface area contributed by atoms with E-state index in [9.17, 15) is 4.79 Å². The molecule has 2 heterocycles. The van der Waals surface area contributed by atoms with E-state index in [0.29, 0.717) is 24.3 Å². The highest BCUT2D eigenvalue weighted by Crippen LogP contribution is 2.22. The number of rotatable bonds is 7. The molecule has 0 bridgehead atoms. The lowest BCUT2D eigenvalue weighted by Gasteiger charge is -2.06. The quantitative estimate of drug-likeness (QED) is 0.379. The van der Waals surface area contributed by atoms with Gasteiger partial charge in [0.25, 0.3) is 5.89 Å². The first kappa shape index (κ1) is 22.3. The molecule has 2 aromatic carbocycles. The summed E-state index contributed by atoms with van der Waals surface area (Å²) in [5, 5.41) is 0. The summed E-state index contributed by atoms with van der Waals surface area (Å²) in [6.45, 7) is 1.90. The highest BCUT2D eigenvalue weighted by atomic mass is 16.5. The van der Waals surface area contributed by atoms with Crippen molar-refractivity contribution in [3.8, 4) is 23.0 Å². The zero-order chi connectivity index (χ0) is 22.8. The lowest BCUT2D eigenvalue weighted by molar-refractivity contribution is -0.191. The Morgan fingerprint density at radius 3 is 2.31 bits per heavy atom. The Hall–Kier alpha value is -4.35. The van der Waals surface area contributed by atoms with Crippen LogP contribution in [0.15, 0.2) is 83.4 Å². The normalized spacial score (nSPS) is 9.91. The van der Waals surface area contributed by atoms with Gasteiger partial charge in [0, 0.05) is 12.1 Å². The highest BCUT2D eigenvalue weighted by molar-refractivity contribution is 5.92. The van der Waals surface area contributed by atoms with Crippen molar-refractivity contribution in [3.05, 3.63) is 96.1 Å². The minimum absolute atomic E-state index is 0.118. The van der Waals surface area contributed by atoms with Crippen LogP contribution < -0.4 is 4.74 Å². The van der Waals surface area contributed by atoms with Crippen LogP contribution >= 0.6 is 0 Å². The van der Waals surface area contributed by atoms with Crippen LogP contribution in [0.1, 0.15) is 28.4 Å². The summed E-state index contributed by atoms with van der Waals surface area (Å²) in [4.78, 5) is 37.2. The Morgan fingerprint density at radius 2 is 1.62 bits per heavy atom. The van der Waals surface area contributed by atoms with Gasteiger partial charge in [-0.3, -0.25) is 4.79 Å². The second kappa shape index (κ2) is 11.2. The minimum atomic E-state index is -0.131.